The summed E-state index contributed by atoms with van der Waals surface area (Å²) in [5.41, 5.74) is -1.39. The molecule has 206 valence electrons. The first-order valence-electron chi connectivity index (χ1n) is 15.1. The van der Waals surface area contributed by atoms with Gasteiger partial charge in [-0.25, -0.2) is 0 Å². The minimum atomic E-state index is -1.12. The number of carboxylic acids is 1. The number of piperidine rings is 1. The second-order valence-corrected chi connectivity index (χ2v) is 14.2. The molecule has 6 heteroatoms. The van der Waals surface area contributed by atoms with Crippen LogP contribution in [0.25, 0.3) is 0 Å². The highest BCUT2D eigenvalue weighted by atomic mass is 16.5. The van der Waals surface area contributed by atoms with Crippen molar-refractivity contribution >= 4 is 12.3 Å². The molecular formula is C31H48N2O4. The molecule has 6 unspecified atom stereocenters. The van der Waals surface area contributed by atoms with Crippen LogP contribution in [0, 0.1) is 45.8 Å². The molecule has 4 aliphatic carbocycles. The van der Waals surface area contributed by atoms with E-state index in [0.29, 0.717) is 24.3 Å². The summed E-state index contributed by atoms with van der Waals surface area (Å²) in [6, 6.07) is 0.594. The highest BCUT2D eigenvalue weighted by Crippen LogP contribution is 2.84. The zero-order chi connectivity index (χ0) is 26.3. The van der Waals surface area contributed by atoms with Crippen LogP contribution in [0.15, 0.2) is 11.6 Å². The molecular weight excluding hydrogens is 464 g/mol. The molecule has 6 nitrogen and oxygen atoms in total. The van der Waals surface area contributed by atoms with Gasteiger partial charge in [-0.1, -0.05) is 38.8 Å². The van der Waals surface area contributed by atoms with Crippen LogP contribution in [0.4, 0.5) is 0 Å². The molecule has 6 rings (SSSR count). The molecule has 2 saturated heterocycles. The predicted molar refractivity (Wildman–Crippen MR) is 143 cm³/mol. The third-order valence-corrected chi connectivity index (χ3v) is 12.5. The molecule has 9 atom stereocenters. The Kier molecular flexibility index (Phi) is 6.25. The van der Waals surface area contributed by atoms with Crippen molar-refractivity contribution in [2.24, 2.45) is 45.8 Å². The second-order valence-electron chi connectivity index (χ2n) is 14.2. The fraction of sp³-hybridized carbons (Fsp3) is 0.871. The first-order valence-corrected chi connectivity index (χ1v) is 15.1. The number of likely N-dealkylation sites (tertiary alicyclic amines) is 1. The normalized spacial score (nSPS) is 47.6. The first-order chi connectivity index (χ1) is 17.6. The average Bonchev–Trinajstić information content (AvgIpc) is 3.59. The molecule has 0 aromatic carbocycles. The summed E-state index contributed by atoms with van der Waals surface area (Å²) >= 11 is 0. The first kappa shape index (κ1) is 26.0. The number of allylic oxidation sites excluding steroid dienone is 1. The number of hydrogen-bond acceptors (Lipinski definition) is 5. The van der Waals surface area contributed by atoms with E-state index in [1.54, 1.807) is 0 Å². The Labute approximate surface area is 223 Å². The van der Waals surface area contributed by atoms with Crippen molar-refractivity contribution in [3.05, 3.63) is 11.6 Å². The van der Waals surface area contributed by atoms with E-state index >= 15 is 0 Å². The van der Waals surface area contributed by atoms with Gasteiger partial charge in [0.05, 0.1) is 17.6 Å². The SMILES string of the molecule is CC(C)C1=CC2CC3(C=O)[C@@H]4CC[C@@H](C)[C@H]4CC2(C2CCC(CN(C)C4CCN(C)CC4)O2)C13C(=O)O. The number of hydrogen-bond donors (Lipinski definition) is 1. The number of nitrogens with zero attached hydrogens (tertiary/aromatic N) is 2. The van der Waals surface area contributed by atoms with Crippen molar-refractivity contribution in [2.75, 3.05) is 33.7 Å². The zero-order valence-corrected chi connectivity index (χ0v) is 23.6. The zero-order valence-electron chi connectivity index (χ0n) is 23.6. The highest BCUT2D eigenvalue weighted by molar-refractivity contribution is 5.90. The molecule has 0 radical (unpaired) electrons. The Balaban J connectivity index is 1.35. The molecule has 0 amide bonds. The van der Waals surface area contributed by atoms with Crippen LogP contribution in [0.1, 0.15) is 72.1 Å². The van der Waals surface area contributed by atoms with E-state index in [-0.39, 0.29) is 30.0 Å². The molecule has 2 aliphatic heterocycles. The number of aliphatic carboxylic acids is 1. The van der Waals surface area contributed by atoms with Gasteiger partial charge in [-0.05, 0) is 102 Å². The topological polar surface area (TPSA) is 70.1 Å². The molecule has 37 heavy (non-hydrogen) atoms. The third-order valence-electron chi connectivity index (χ3n) is 12.5. The van der Waals surface area contributed by atoms with E-state index in [0.717, 1.165) is 63.6 Å². The predicted octanol–water partition coefficient (Wildman–Crippen LogP) is 4.48. The summed E-state index contributed by atoms with van der Waals surface area (Å²) in [7, 11) is 4.44. The summed E-state index contributed by atoms with van der Waals surface area (Å²) in [6.07, 6.45) is 11.5. The van der Waals surface area contributed by atoms with Crippen molar-refractivity contribution in [3.8, 4) is 0 Å². The van der Waals surface area contributed by atoms with Gasteiger partial charge in [0.2, 0.25) is 0 Å². The summed E-state index contributed by atoms with van der Waals surface area (Å²) < 4.78 is 7.00. The van der Waals surface area contributed by atoms with Crippen LogP contribution >= 0.6 is 0 Å². The van der Waals surface area contributed by atoms with E-state index in [1.165, 1.54) is 12.8 Å². The lowest BCUT2D eigenvalue weighted by Gasteiger charge is -2.60. The molecule has 0 spiro atoms. The lowest BCUT2D eigenvalue weighted by Crippen LogP contribution is -2.65. The van der Waals surface area contributed by atoms with Crippen molar-refractivity contribution in [3.63, 3.8) is 0 Å². The third kappa shape index (κ3) is 3.21. The van der Waals surface area contributed by atoms with Crippen molar-refractivity contribution in [2.45, 2.75) is 90.4 Å². The van der Waals surface area contributed by atoms with Gasteiger partial charge in [0.25, 0.3) is 0 Å². The van der Waals surface area contributed by atoms with Crippen LogP contribution in [0.2, 0.25) is 0 Å². The molecule has 0 aromatic heterocycles. The maximum absolute atomic E-state index is 13.7. The molecule has 3 saturated carbocycles. The Hall–Kier alpha value is -1.24. The van der Waals surface area contributed by atoms with Crippen LogP contribution in [-0.2, 0) is 14.3 Å². The molecule has 6 aliphatic rings. The summed E-state index contributed by atoms with van der Waals surface area (Å²) in [6.45, 7) is 9.80. The van der Waals surface area contributed by atoms with Gasteiger partial charge in [-0.3, -0.25) is 4.79 Å². The van der Waals surface area contributed by atoms with Gasteiger partial charge in [-0.15, -0.1) is 0 Å². The number of aldehydes is 1. The van der Waals surface area contributed by atoms with E-state index in [2.05, 4.69) is 50.7 Å². The molecule has 5 fully saturated rings. The standard InChI is InChI=1S/C31H48N2O4/c1-19(2)26-14-21-15-29(18-34)25-8-6-20(3)24(25)16-30(21,31(26,29)28(35)36)27-9-7-23(37-27)17-33(5)22-10-12-32(4)13-11-22/h14,18-25,27H,6-13,15-17H2,1-5H3,(H,35,36)/t20-,21?,23?,24-,25-,27?,29?,30?,31?/m1/s1. The minimum Gasteiger partial charge on any atom is -0.481 e. The van der Waals surface area contributed by atoms with Gasteiger partial charge >= 0.3 is 5.97 Å². The van der Waals surface area contributed by atoms with Crippen LogP contribution in [0.3, 0.4) is 0 Å². The maximum atomic E-state index is 13.7. The Bertz CT molecular complexity index is 972. The quantitative estimate of drug-likeness (QED) is 0.401. The molecule has 4 bridgehead atoms. The number of ether oxygens (including phenoxy) is 1. The Morgan fingerprint density at radius 2 is 1.92 bits per heavy atom. The molecule has 2 heterocycles. The average molecular weight is 513 g/mol. The largest absolute Gasteiger partial charge is 0.481 e. The van der Waals surface area contributed by atoms with E-state index < -0.39 is 22.2 Å². The van der Waals surface area contributed by atoms with Gasteiger partial charge in [0.1, 0.15) is 11.7 Å². The lowest BCUT2D eigenvalue weighted by atomic mass is 9.41. The number of carbonyl (C=O) groups is 2. The fourth-order valence-electron chi connectivity index (χ4n) is 11.0. The minimum absolute atomic E-state index is 0.0902. The fourth-order valence-corrected chi connectivity index (χ4v) is 11.0. The second kappa shape index (κ2) is 8.89. The van der Waals surface area contributed by atoms with E-state index in [4.69, 9.17) is 4.74 Å². The maximum Gasteiger partial charge on any atom is 0.315 e. The number of fused-ring (bicyclic) bond motifs is 2. The lowest BCUT2D eigenvalue weighted by molar-refractivity contribution is -0.197. The Morgan fingerprint density at radius 3 is 2.57 bits per heavy atom. The smallest absolute Gasteiger partial charge is 0.315 e. The number of rotatable bonds is 7. The summed E-state index contributed by atoms with van der Waals surface area (Å²) in [5.74, 6) is 0.634. The highest BCUT2D eigenvalue weighted by Gasteiger charge is 2.86. The molecule has 1 N–H and O–H groups in total. The summed E-state index contributed by atoms with van der Waals surface area (Å²) in [4.78, 5) is 31.9. The van der Waals surface area contributed by atoms with E-state index in [1.807, 2.05) is 0 Å². The van der Waals surface area contributed by atoms with Gasteiger partial charge < -0.3 is 24.4 Å². The number of likely N-dealkylation sites (N-methyl/N-ethyl adjacent to an activating group) is 1. The van der Waals surface area contributed by atoms with Gasteiger partial charge in [0, 0.05) is 18.0 Å². The van der Waals surface area contributed by atoms with Gasteiger partial charge in [-0.2, -0.15) is 0 Å². The van der Waals surface area contributed by atoms with E-state index in [9.17, 15) is 14.7 Å². The van der Waals surface area contributed by atoms with Gasteiger partial charge in [0.15, 0.2) is 0 Å². The van der Waals surface area contributed by atoms with Crippen molar-refractivity contribution < 1.29 is 19.4 Å². The number of carboxylic acid groups (broad SMARTS) is 1. The molecule has 0 aromatic rings. The van der Waals surface area contributed by atoms with Crippen molar-refractivity contribution in [1.29, 1.82) is 0 Å². The number of carbonyl (C=O) groups excluding carboxylic acids is 1. The van der Waals surface area contributed by atoms with Crippen molar-refractivity contribution in [1.82, 2.24) is 9.80 Å². The van der Waals surface area contributed by atoms with Crippen LogP contribution in [0.5, 0.6) is 0 Å². The Morgan fingerprint density at radius 1 is 1.19 bits per heavy atom. The summed E-state index contributed by atoms with van der Waals surface area (Å²) in [5, 5.41) is 11.3. The van der Waals surface area contributed by atoms with Crippen LogP contribution in [-0.4, -0.2) is 79.1 Å². The van der Waals surface area contributed by atoms with Crippen LogP contribution < -0.4 is 0 Å². The monoisotopic (exact) mass is 512 g/mol.